The Balaban J connectivity index is 1.31. The van der Waals surface area contributed by atoms with E-state index in [9.17, 15) is 4.79 Å². The molecule has 3 aliphatic rings. The third kappa shape index (κ3) is 4.61. The van der Waals surface area contributed by atoms with Crippen molar-refractivity contribution in [3.63, 3.8) is 0 Å². The van der Waals surface area contributed by atoms with E-state index < -0.39 is 0 Å². The van der Waals surface area contributed by atoms with Gasteiger partial charge in [-0.05, 0) is 69.5 Å². The molecule has 0 bridgehead atoms. The lowest BCUT2D eigenvalue weighted by Crippen LogP contribution is -2.42. The molecule has 4 rings (SSSR count). The zero-order chi connectivity index (χ0) is 18.6. The first-order chi connectivity index (χ1) is 13.2. The second-order valence-electron chi connectivity index (χ2n) is 7.72. The van der Waals surface area contributed by atoms with E-state index in [0.717, 1.165) is 48.7 Å². The SMILES string of the molecule is NC1=CCC(COc2ccc(C(=O)N3CCCC3CN3CCCC3)cc2)S1. The number of ether oxygens (including phenoxy) is 1. The molecule has 2 saturated heterocycles. The average molecular weight is 388 g/mol. The van der Waals surface area contributed by atoms with Crippen molar-refractivity contribution < 1.29 is 9.53 Å². The van der Waals surface area contributed by atoms with Gasteiger partial charge >= 0.3 is 0 Å². The first kappa shape index (κ1) is 18.7. The number of likely N-dealkylation sites (tertiary alicyclic amines) is 2. The van der Waals surface area contributed by atoms with E-state index in [2.05, 4.69) is 15.9 Å². The molecule has 0 aliphatic carbocycles. The lowest BCUT2D eigenvalue weighted by Gasteiger charge is -2.28. The number of hydrogen-bond acceptors (Lipinski definition) is 5. The van der Waals surface area contributed by atoms with Gasteiger partial charge in [0.2, 0.25) is 0 Å². The zero-order valence-electron chi connectivity index (χ0n) is 15.8. The Morgan fingerprint density at radius 2 is 1.93 bits per heavy atom. The van der Waals surface area contributed by atoms with Crippen LogP contribution in [0.3, 0.4) is 0 Å². The maximum atomic E-state index is 13.0. The van der Waals surface area contributed by atoms with E-state index in [4.69, 9.17) is 10.5 Å². The number of nitrogens with two attached hydrogens (primary N) is 1. The molecule has 3 heterocycles. The van der Waals surface area contributed by atoms with Crippen molar-refractivity contribution in [1.82, 2.24) is 9.80 Å². The second kappa shape index (κ2) is 8.57. The van der Waals surface area contributed by atoms with Crippen molar-refractivity contribution in [2.75, 3.05) is 32.8 Å². The number of thioether (sulfide) groups is 1. The molecule has 3 aliphatic heterocycles. The normalized spacial score (nSPS) is 25.8. The summed E-state index contributed by atoms with van der Waals surface area (Å²) in [6, 6.07) is 7.99. The van der Waals surface area contributed by atoms with Crippen molar-refractivity contribution in [2.45, 2.75) is 43.4 Å². The third-order valence-electron chi connectivity index (χ3n) is 5.73. The molecule has 2 unspecified atom stereocenters. The first-order valence-electron chi connectivity index (χ1n) is 10.1. The predicted octanol–water partition coefficient (Wildman–Crippen LogP) is 3.07. The van der Waals surface area contributed by atoms with Crippen LogP contribution in [-0.4, -0.2) is 59.8 Å². The van der Waals surface area contributed by atoms with Crippen molar-refractivity contribution >= 4 is 17.7 Å². The highest BCUT2D eigenvalue weighted by Crippen LogP contribution is 2.29. The lowest BCUT2D eigenvalue weighted by molar-refractivity contribution is 0.0708. The number of nitrogens with zero attached hydrogens (tertiary/aromatic N) is 2. The molecule has 27 heavy (non-hydrogen) atoms. The molecule has 2 atom stereocenters. The van der Waals surface area contributed by atoms with E-state index >= 15 is 0 Å². The number of allylic oxidation sites excluding steroid dienone is 1. The van der Waals surface area contributed by atoms with Gasteiger partial charge in [-0.1, -0.05) is 6.08 Å². The molecule has 0 saturated carbocycles. The van der Waals surface area contributed by atoms with Gasteiger partial charge in [0.05, 0.1) is 5.03 Å². The number of benzene rings is 1. The van der Waals surface area contributed by atoms with Crippen LogP contribution in [0.4, 0.5) is 0 Å². The van der Waals surface area contributed by atoms with Crippen molar-refractivity contribution in [1.29, 1.82) is 0 Å². The maximum absolute atomic E-state index is 13.0. The zero-order valence-corrected chi connectivity index (χ0v) is 16.6. The number of rotatable bonds is 6. The van der Waals surface area contributed by atoms with Gasteiger partial charge < -0.3 is 20.3 Å². The lowest BCUT2D eigenvalue weighted by atomic mass is 10.1. The van der Waals surface area contributed by atoms with E-state index in [1.54, 1.807) is 11.8 Å². The minimum absolute atomic E-state index is 0.159. The molecule has 0 radical (unpaired) electrons. The summed E-state index contributed by atoms with van der Waals surface area (Å²) in [7, 11) is 0. The van der Waals surface area contributed by atoms with E-state index in [1.165, 1.54) is 25.9 Å². The number of carbonyl (C=O) groups is 1. The molecule has 2 fully saturated rings. The monoisotopic (exact) mass is 387 g/mol. The predicted molar refractivity (Wildman–Crippen MR) is 110 cm³/mol. The minimum Gasteiger partial charge on any atom is -0.492 e. The van der Waals surface area contributed by atoms with Gasteiger partial charge in [-0.15, -0.1) is 11.8 Å². The summed E-state index contributed by atoms with van der Waals surface area (Å²) < 4.78 is 5.87. The highest BCUT2D eigenvalue weighted by molar-refractivity contribution is 8.03. The van der Waals surface area contributed by atoms with Crippen LogP contribution < -0.4 is 10.5 Å². The maximum Gasteiger partial charge on any atom is 0.254 e. The topological polar surface area (TPSA) is 58.8 Å². The minimum atomic E-state index is 0.159. The molecule has 1 amide bonds. The Morgan fingerprint density at radius 1 is 1.15 bits per heavy atom. The third-order valence-corrected chi connectivity index (χ3v) is 6.83. The number of amides is 1. The molecular formula is C21H29N3O2S. The van der Waals surface area contributed by atoms with Gasteiger partial charge in [-0.25, -0.2) is 0 Å². The Hall–Kier alpha value is -1.66. The van der Waals surface area contributed by atoms with Gasteiger partial charge in [0.25, 0.3) is 5.91 Å². The summed E-state index contributed by atoms with van der Waals surface area (Å²) in [4.78, 5) is 17.6. The Labute approximate surface area is 165 Å². The van der Waals surface area contributed by atoms with Crippen LogP contribution in [0.1, 0.15) is 42.5 Å². The van der Waals surface area contributed by atoms with E-state index in [0.29, 0.717) is 17.9 Å². The Bertz CT molecular complexity index is 685. The summed E-state index contributed by atoms with van der Waals surface area (Å²) in [5, 5.41) is 1.28. The van der Waals surface area contributed by atoms with Gasteiger partial charge in [0.15, 0.2) is 0 Å². The van der Waals surface area contributed by atoms with Gasteiger partial charge in [-0.3, -0.25) is 4.79 Å². The van der Waals surface area contributed by atoms with Crippen LogP contribution in [0, 0.1) is 0 Å². The van der Waals surface area contributed by atoms with Gasteiger partial charge in [0, 0.05) is 29.9 Å². The molecule has 1 aromatic rings. The standard InChI is InChI=1S/C21H29N3O2S/c22-20-10-9-19(27-20)15-26-18-7-5-16(6-8-18)21(25)24-13-3-4-17(24)14-23-11-1-2-12-23/h5-8,10,17,19H,1-4,9,11-15,22H2. The number of carbonyl (C=O) groups excluding carboxylic acids is 1. The van der Waals surface area contributed by atoms with Crippen LogP contribution in [0.5, 0.6) is 5.75 Å². The summed E-state index contributed by atoms with van der Waals surface area (Å²) >= 11 is 1.67. The Morgan fingerprint density at radius 3 is 2.63 bits per heavy atom. The fourth-order valence-electron chi connectivity index (χ4n) is 4.24. The molecule has 1 aromatic carbocycles. The number of hydrogen-bond donors (Lipinski definition) is 1. The first-order valence-corrected chi connectivity index (χ1v) is 11.0. The molecule has 0 spiro atoms. The quantitative estimate of drug-likeness (QED) is 0.813. The molecule has 146 valence electrons. The Kier molecular flexibility index (Phi) is 5.93. The highest BCUT2D eigenvalue weighted by Gasteiger charge is 2.31. The molecule has 2 N–H and O–H groups in total. The van der Waals surface area contributed by atoms with Crippen molar-refractivity contribution in [3.8, 4) is 5.75 Å². The summed E-state index contributed by atoms with van der Waals surface area (Å²) in [5.74, 6) is 0.972. The van der Waals surface area contributed by atoms with E-state index in [-0.39, 0.29) is 5.91 Å². The van der Waals surface area contributed by atoms with E-state index in [1.807, 2.05) is 24.3 Å². The average Bonchev–Trinajstić information content (AvgIpc) is 3.43. The van der Waals surface area contributed by atoms with Crippen LogP contribution in [0.15, 0.2) is 35.4 Å². The van der Waals surface area contributed by atoms with Gasteiger partial charge in [0.1, 0.15) is 12.4 Å². The largest absolute Gasteiger partial charge is 0.492 e. The van der Waals surface area contributed by atoms with Crippen LogP contribution in [-0.2, 0) is 0 Å². The molecule has 5 nitrogen and oxygen atoms in total. The summed E-state index contributed by atoms with van der Waals surface area (Å²) in [5.41, 5.74) is 6.55. The summed E-state index contributed by atoms with van der Waals surface area (Å²) in [6.07, 6.45) is 7.84. The van der Waals surface area contributed by atoms with Gasteiger partial charge in [-0.2, -0.15) is 0 Å². The summed E-state index contributed by atoms with van der Waals surface area (Å²) in [6.45, 7) is 4.92. The van der Waals surface area contributed by atoms with Crippen LogP contribution >= 0.6 is 11.8 Å². The van der Waals surface area contributed by atoms with Crippen molar-refractivity contribution in [3.05, 3.63) is 40.9 Å². The fourth-order valence-corrected chi connectivity index (χ4v) is 5.15. The second-order valence-corrected chi connectivity index (χ2v) is 9.09. The van der Waals surface area contributed by atoms with Crippen LogP contribution in [0.2, 0.25) is 0 Å². The molecule has 0 aromatic heterocycles. The highest BCUT2D eigenvalue weighted by atomic mass is 32.2. The molecule has 6 heteroatoms. The van der Waals surface area contributed by atoms with Crippen LogP contribution in [0.25, 0.3) is 0 Å². The van der Waals surface area contributed by atoms with Crippen molar-refractivity contribution in [2.24, 2.45) is 5.73 Å². The fraction of sp³-hybridized carbons (Fsp3) is 0.571. The molecular weight excluding hydrogens is 358 g/mol. The smallest absolute Gasteiger partial charge is 0.254 e.